The number of para-hydroxylation sites is 2. The van der Waals surface area contributed by atoms with E-state index in [1.54, 1.807) is 19.2 Å². The van der Waals surface area contributed by atoms with Crippen LogP contribution in [0.5, 0.6) is 11.5 Å². The SMILES string of the molecule is COc1ccccc1OCCN(C)CC(=O)Nc1nc(-c2ccc(F)cc2)cs1. The van der Waals surface area contributed by atoms with Crippen molar-refractivity contribution in [3.63, 3.8) is 0 Å². The van der Waals surface area contributed by atoms with Gasteiger partial charge in [-0.3, -0.25) is 9.69 Å². The van der Waals surface area contributed by atoms with Crippen molar-refractivity contribution in [1.29, 1.82) is 0 Å². The molecular weight excluding hydrogens is 393 g/mol. The molecule has 2 aromatic carbocycles. The number of carbonyl (C=O) groups is 1. The molecule has 0 fully saturated rings. The molecule has 3 rings (SSSR count). The number of hydrogen-bond donors (Lipinski definition) is 1. The zero-order valence-corrected chi connectivity index (χ0v) is 17.0. The molecule has 0 saturated heterocycles. The summed E-state index contributed by atoms with van der Waals surface area (Å²) < 4.78 is 24.0. The molecule has 1 heterocycles. The lowest BCUT2D eigenvalue weighted by Gasteiger charge is -2.17. The first-order valence-electron chi connectivity index (χ1n) is 9.01. The number of amides is 1. The third-order valence-corrected chi connectivity index (χ3v) is 4.86. The fourth-order valence-corrected chi connectivity index (χ4v) is 3.35. The summed E-state index contributed by atoms with van der Waals surface area (Å²) in [5.41, 5.74) is 1.50. The lowest BCUT2D eigenvalue weighted by atomic mass is 10.2. The highest BCUT2D eigenvalue weighted by Crippen LogP contribution is 2.26. The molecule has 0 unspecified atom stereocenters. The van der Waals surface area contributed by atoms with Gasteiger partial charge in [0.1, 0.15) is 12.4 Å². The number of carbonyl (C=O) groups excluding carboxylic acids is 1. The summed E-state index contributed by atoms with van der Waals surface area (Å²) in [6, 6.07) is 13.5. The fraction of sp³-hybridized carbons (Fsp3) is 0.238. The first-order chi connectivity index (χ1) is 14.0. The zero-order valence-electron chi connectivity index (χ0n) is 16.2. The number of anilines is 1. The van der Waals surface area contributed by atoms with E-state index in [2.05, 4.69) is 10.3 Å². The maximum absolute atomic E-state index is 13.0. The van der Waals surface area contributed by atoms with Gasteiger partial charge in [-0.25, -0.2) is 9.37 Å². The van der Waals surface area contributed by atoms with Crippen molar-refractivity contribution in [2.75, 3.05) is 39.2 Å². The van der Waals surface area contributed by atoms with Crippen molar-refractivity contribution in [3.8, 4) is 22.8 Å². The monoisotopic (exact) mass is 415 g/mol. The summed E-state index contributed by atoms with van der Waals surface area (Å²) in [6.07, 6.45) is 0. The average Bonchev–Trinajstić information content (AvgIpc) is 3.17. The molecule has 0 bridgehead atoms. The number of hydrogen-bond acceptors (Lipinski definition) is 6. The summed E-state index contributed by atoms with van der Waals surface area (Å²) in [4.78, 5) is 18.5. The molecule has 3 aromatic rings. The van der Waals surface area contributed by atoms with Crippen LogP contribution in [-0.2, 0) is 4.79 Å². The van der Waals surface area contributed by atoms with Gasteiger partial charge in [0.2, 0.25) is 5.91 Å². The lowest BCUT2D eigenvalue weighted by molar-refractivity contribution is -0.117. The second-order valence-electron chi connectivity index (χ2n) is 6.33. The maximum atomic E-state index is 13.0. The molecule has 6 nitrogen and oxygen atoms in total. The van der Waals surface area contributed by atoms with Gasteiger partial charge >= 0.3 is 0 Å². The van der Waals surface area contributed by atoms with E-state index in [4.69, 9.17) is 9.47 Å². The van der Waals surface area contributed by atoms with Crippen molar-refractivity contribution in [3.05, 3.63) is 59.7 Å². The Morgan fingerprint density at radius 3 is 2.62 bits per heavy atom. The number of thiazole rings is 1. The summed E-state index contributed by atoms with van der Waals surface area (Å²) in [5, 5.41) is 5.13. The number of nitrogens with zero attached hydrogens (tertiary/aromatic N) is 2. The first kappa shape index (κ1) is 20.8. The van der Waals surface area contributed by atoms with Crippen LogP contribution in [0.3, 0.4) is 0 Å². The molecule has 0 aliphatic carbocycles. The first-order valence-corrected chi connectivity index (χ1v) is 9.89. The van der Waals surface area contributed by atoms with Crippen LogP contribution in [0, 0.1) is 5.82 Å². The molecule has 152 valence electrons. The molecule has 0 aliphatic heterocycles. The summed E-state index contributed by atoms with van der Waals surface area (Å²) >= 11 is 1.33. The standard InChI is InChI=1S/C21H22FN3O3S/c1-25(11-12-28-19-6-4-3-5-18(19)27-2)13-20(26)24-21-23-17(14-29-21)15-7-9-16(22)10-8-15/h3-10,14H,11-13H2,1-2H3,(H,23,24,26). The van der Waals surface area contributed by atoms with Crippen LogP contribution in [0.15, 0.2) is 53.9 Å². The second-order valence-corrected chi connectivity index (χ2v) is 7.19. The van der Waals surface area contributed by atoms with E-state index in [0.717, 1.165) is 5.56 Å². The van der Waals surface area contributed by atoms with Gasteiger partial charge in [-0.15, -0.1) is 11.3 Å². The van der Waals surface area contributed by atoms with E-state index in [1.165, 1.54) is 23.5 Å². The van der Waals surface area contributed by atoms with Crippen LogP contribution in [0.4, 0.5) is 9.52 Å². The van der Waals surface area contributed by atoms with Crippen molar-refractivity contribution in [1.82, 2.24) is 9.88 Å². The van der Waals surface area contributed by atoms with Crippen LogP contribution in [0.2, 0.25) is 0 Å². The molecule has 0 atom stereocenters. The van der Waals surface area contributed by atoms with E-state index >= 15 is 0 Å². The normalized spacial score (nSPS) is 10.8. The van der Waals surface area contributed by atoms with Gasteiger partial charge in [-0.1, -0.05) is 12.1 Å². The predicted octanol–water partition coefficient (Wildman–Crippen LogP) is 3.91. The number of halogens is 1. The third-order valence-electron chi connectivity index (χ3n) is 4.10. The molecule has 8 heteroatoms. The molecular formula is C21H22FN3O3S. The Hall–Kier alpha value is -2.97. The number of aromatic nitrogens is 1. The number of methoxy groups -OCH3 is 1. The van der Waals surface area contributed by atoms with Gasteiger partial charge in [0, 0.05) is 17.5 Å². The van der Waals surface area contributed by atoms with Gasteiger partial charge in [0.25, 0.3) is 0 Å². The predicted molar refractivity (Wildman–Crippen MR) is 112 cm³/mol. The van der Waals surface area contributed by atoms with Crippen molar-refractivity contribution >= 4 is 22.4 Å². The van der Waals surface area contributed by atoms with E-state index in [9.17, 15) is 9.18 Å². The molecule has 0 radical (unpaired) electrons. The Labute approximate surface area is 172 Å². The Morgan fingerprint density at radius 2 is 1.90 bits per heavy atom. The highest BCUT2D eigenvalue weighted by molar-refractivity contribution is 7.14. The van der Waals surface area contributed by atoms with Crippen molar-refractivity contribution < 1.29 is 18.7 Å². The van der Waals surface area contributed by atoms with Gasteiger partial charge in [-0.05, 0) is 43.4 Å². The topological polar surface area (TPSA) is 63.7 Å². The zero-order chi connectivity index (χ0) is 20.6. The minimum absolute atomic E-state index is 0.162. The number of ether oxygens (including phenoxy) is 2. The Kier molecular flexibility index (Phi) is 7.15. The van der Waals surface area contributed by atoms with E-state index in [1.807, 2.05) is 41.6 Å². The smallest absolute Gasteiger partial charge is 0.240 e. The minimum Gasteiger partial charge on any atom is -0.493 e. The number of likely N-dealkylation sites (N-methyl/N-ethyl adjacent to an activating group) is 1. The second kappa shape index (κ2) is 9.99. The molecule has 1 amide bonds. The summed E-state index contributed by atoms with van der Waals surface area (Å²) in [5.74, 6) is 0.887. The fourth-order valence-electron chi connectivity index (χ4n) is 2.62. The summed E-state index contributed by atoms with van der Waals surface area (Å²) in [6.45, 7) is 1.21. The quantitative estimate of drug-likeness (QED) is 0.574. The Bertz CT molecular complexity index is 946. The largest absolute Gasteiger partial charge is 0.493 e. The van der Waals surface area contributed by atoms with Gasteiger partial charge in [0.05, 0.1) is 19.3 Å². The Balaban J connectivity index is 1.45. The number of benzene rings is 2. The molecule has 0 saturated carbocycles. The van der Waals surface area contributed by atoms with E-state index in [-0.39, 0.29) is 18.3 Å². The van der Waals surface area contributed by atoms with Gasteiger partial charge in [0.15, 0.2) is 16.6 Å². The minimum atomic E-state index is -0.296. The molecule has 0 spiro atoms. The van der Waals surface area contributed by atoms with Crippen LogP contribution in [0.1, 0.15) is 0 Å². The molecule has 1 aromatic heterocycles. The molecule has 1 N–H and O–H groups in total. The van der Waals surface area contributed by atoms with Gasteiger partial charge in [-0.2, -0.15) is 0 Å². The number of nitrogens with one attached hydrogen (secondary N) is 1. The van der Waals surface area contributed by atoms with Crippen LogP contribution >= 0.6 is 11.3 Å². The third kappa shape index (κ3) is 6.00. The highest BCUT2D eigenvalue weighted by Gasteiger charge is 2.11. The molecule has 0 aliphatic rings. The van der Waals surface area contributed by atoms with Crippen molar-refractivity contribution in [2.24, 2.45) is 0 Å². The van der Waals surface area contributed by atoms with Gasteiger partial charge < -0.3 is 14.8 Å². The van der Waals surface area contributed by atoms with E-state index < -0.39 is 0 Å². The van der Waals surface area contributed by atoms with E-state index in [0.29, 0.717) is 35.5 Å². The average molecular weight is 415 g/mol. The van der Waals surface area contributed by atoms with Crippen LogP contribution < -0.4 is 14.8 Å². The Morgan fingerprint density at radius 1 is 1.17 bits per heavy atom. The summed E-state index contributed by atoms with van der Waals surface area (Å²) in [7, 11) is 3.44. The molecule has 29 heavy (non-hydrogen) atoms. The van der Waals surface area contributed by atoms with Crippen LogP contribution in [0.25, 0.3) is 11.3 Å². The lowest BCUT2D eigenvalue weighted by Crippen LogP contribution is -2.33. The van der Waals surface area contributed by atoms with Crippen molar-refractivity contribution in [2.45, 2.75) is 0 Å². The highest BCUT2D eigenvalue weighted by atomic mass is 32.1. The van der Waals surface area contributed by atoms with Crippen LogP contribution in [-0.4, -0.2) is 49.6 Å². The maximum Gasteiger partial charge on any atom is 0.240 e. The number of rotatable bonds is 9.